The summed E-state index contributed by atoms with van der Waals surface area (Å²) in [7, 11) is 1.59. The highest BCUT2D eigenvalue weighted by atomic mass is 19.1. The highest BCUT2D eigenvalue weighted by Crippen LogP contribution is 2.23. The van der Waals surface area contributed by atoms with E-state index in [0.717, 1.165) is 17.4 Å². The van der Waals surface area contributed by atoms with Gasteiger partial charge in [-0.2, -0.15) is 0 Å². The standard InChI is InChI=1S/C20H20F2N2O3/c1-27-18-5-3-2-4-13(18)8-9-24-12-14(10-19(24)25)20(26)23-17-7-6-15(21)11-16(17)22/h2-7,11,14H,8-10,12H2,1H3,(H,23,26). The number of hydrogen-bond donors (Lipinski definition) is 1. The molecule has 7 heteroatoms. The van der Waals surface area contributed by atoms with Crippen molar-refractivity contribution in [3.05, 3.63) is 59.7 Å². The Hall–Kier alpha value is -2.96. The minimum absolute atomic E-state index is 0.0700. The fourth-order valence-corrected chi connectivity index (χ4v) is 3.15. The number of hydrogen-bond acceptors (Lipinski definition) is 3. The van der Waals surface area contributed by atoms with Crippen LogP contribution in [0, 0.1) is 17.6 Å². The van der Waals surface area contributed by atoms with Gasteiger partial charge in [0, 0.05) is 25.6 Å². The first-order chi connectivity index (χ1) is 13.0. The molecule has 1 unspecified atom stereocenters. The molecule has 5 nitrogen and oxygen atoms in total. The van der Waals surface area contributed by atoms with Gasteiger partial charge in [-0.25, -0.2) is 8.78 Å². The summed E-state index contributed by atoms with van der Waals surface area (Å²) in [5.74, 6) is -1.95. The van der Waals surface area contributed by atoms with Gasteiger partial charge in [-0.05, 0) is 30.2 Å². The van der Waals surface area contributed by atoms with Crippen LogP contribution in [0.4, 0.5) is 14.5 Å². The lowest BCUT2D eigenvalue weighted by molar-refractivity contribution is -0.128. The lowest BCUT2D eigenvalue weighted by atomic mass is 10.1. The molecule has 1 aliphatic heterocycles. The molecule has 3 rings (SSSR count). The van der Waals surface area contributed by atoms with Crippen LogP contribution in [-0.4, -0.2) is 36.9 Å². The van der Waals surface area contributed by atoms with Crippen LogP contribution in [0.25, 0.3) is 0 Å². The molecule has 0 saturated carbocycles. The average Bonchev–Trinajstić information content (AvgIpc) is 3.03. The number of rotatable bonds is 6. The monoisotopic (exact) mass is 374 g/mol. The fourth-order valence-electron chi connectivity index (χ4n) is 3.15. The molecular formula is C20H20F2N2O3. The molecule has 27 heavy (non-hydrogen) atoms. The first kappa shape index (κ1) is 18.8. The summed E-state index contributed by atoms with van der Waals surface area (Å²) in [4.78, 5) is 26.2. The van der Waals surface area contributed by atoms with E-state index in [-0.39, 0.29) is 24.6 Å². The summed E-state index contributed by atoms with van der Waals surface area (Å²) in [6, 6.07) is 10.5. The van der Waals surface area contributed by atoms with Crippen molar-refractivity contribution in [2.24, 2.45) is 5.92 Å². The Morgan fingerprint density at radius 3 is 2.78 bits per heavy atom. The first-order valence-electron chi connectivity index (χ1n) is 8.63. The normalized spacial score (nSPS) is 16.5. The molecule has 2 amide bonds. The number of methoxy groups -OCH3 is 1. The van der Waals surface area contributed by atoms with E-state index in [0.29, 0.717) is 19.0 Å². The van der Waals surface area contributed by atoms with Gasteiger partial charge in [0.1, 0.15) is 17.4 Å². The van der Waals surface area contributed by atoms with Crippen molar-refractivity contribution in [1.82, 2.24) is 4.90 Å². The van der Waals surface area contributed by atoms with Gasteiger partial charge >= 0.3 is 0 Å². The smallest absolute Gasteiger partial charge is 0.229 e. The summed E-state index contributed by atoms with van der Waals surface area (Å²) in [6.45, 7) is 0.733. The number of carbonyl (C=O) groups excluding carboxylic acids is 2. The number of carbonyl (C=O) groups is 2. The van der Waals surface area contributed by atoms with Gasteiger partial charge in [0.2, 0.25) is 11.8 Å². The van der Waals surface area contributed by atoms with Gasteiger partial charge in [-0.3, -0.25) is 9.59 Å². The van der Waals surface area contributed by atoms with Gasteiger partial charge in [-0.1, -0.05) is 18.2 Å². The second-order valence-corrected chi connectivity index (χ2v) is 6.42. The SMILES string of the molecule is COc1ccccc1CCN1CC(C(=O)Nc2ccc(F)cc2F)CC1=O. The van der Waals surface area contributed by atoms with Crippen molar-refractivity contribution in [1.29, 1.82) is 0 Å². The third-order valence-corrected chi connectivity index (χ3v) is 4.62. The van der Waals surface area contributed by atoms with Gasteiger partial charge in [0.25, 0.3) is 0 Å². The molecule has 1 atom stereocenters. The maximum Gasteiger partial charge on any atom is 0.229 e. The third kappa shape index (κ3) is 4.42. The summed E-state index contributed by atoms with van der Waals surface area (Å²) in [5, 5.41) is 2.43. The molecule has 0 radical (unpaired) electrons. The molecule has 1 saturated heterocycles. The zero-order chi connectivity index (χ0) is 19.4. The number of nitrogens with zero attached hydrogens (tertiary/aromatic N) is 1. The van der Waals surface area contributed by atoms with Crippen LogP contribution < -0.4 is 10.1 Å². The lowest BCUT2D eigenvalue weighted by Crippen LogP contribution is -2.30. The molecule has 1 aliphatic rings. The van der Waals surface area contributed by atoms with E-state index in [1.807, 2.05) is 24.3 Å². The van der Waals surface area contributed by atoms with Crippen molar-refractivity contribution < 1.29 is 23.1 Å². The Bertz CT molecular complexity index is 857. The Balaban J connectivity index is 1.58. The number of amides is 2. The molecule has 0 aromatic heterocycles. The lowest BCUT2D eigenvalue weighted by Gasteiger charge is -2.17. The van der Waals surface area contributed by atoms with Crippen molar-refractivity contribution >= 4 is 17.5 Å². The zero-order valence-electron chi connectivity index (χ0n) is 14.9. The van der Waals surface area contributed by atoms with E-state index in [9.17, 15) is 18.4 Å². The molecule has 0 spiro atoms. The minimum Gasteiger partial charge on any atom is -0.496 e. The van der Waals surface area contributed by atoms with Gasteiger partial charge in [0.15, 0.2) is 0 Å². The molecule has 2 aromatic rings. The summed E-state index contributed by atoms with van der Waals surface area (Å²) in [5.41, 5.74) is 0.885. The van der Waals surface area contributed by atoms with Crippen LogP contribution in [-0.2, 0) is 16.0 Å². The largest absolute Gasteiger partial charge is 0.496 e. The van der Waals surface area contributed by atoms with Crippen LogP contribution in [0.15, 0.2) is 42.5 Å². The zero-order valence-corrected chi connectivity index (χ0v) is 14.9. The maximum absolute atomic E-state index is 13.7. The second-order valence-electron chi connectivity index (χ2n) is 6.42. The first-order valence-corrected chi connectivity index (χ1v) is 8.63. The number of nitrogens with one attached hydrogen (secondary N) is 1. The van der Waals surface area contributed by atoms with E-state index in [1.54, 1.807) is 12.0 Å². The van der Waals surface area contributed by atoms with Crippen molar-refractivity contribution in [2.75, 3.05) is 25.5 Å². The average molecular weight is 374 g/mol. The van der Waals surface area contributed by atoms with E-state index in [4.69, 9.17) is 4.74 Å². The quantitative estimate of drug-likeness (QED) is 0.846. The Labute approximate surface area is 155 Å². The highest BCUT2D eigenvalue weighted by molar-refractivity contribution is 5.97. The molecule has 1 fully saturated rings. The maximum atomic E-state index is 13.7. The van der Waals surface area contributed by atoms with Crippen LogP contribution in [0.1, 0.15) is 12.0 Å². The molecule has 1 heterocycles. The van der Waals surface area contributed by atoms with Crippen LogP contribution in [0.3, 0.4) is 0 Å². The minimum atomic E-state index is -0.847. The van der Waals surface area contributed by atoms with E-state index in [1.165, 1.54) is 6.07 Å². The molecular weight excluding hydrogens is 354 g/mol. The summed E-state index contributed by atoms with van der Waals surface area (Å²) in [6.07, 6.45) is 0.678. The van der Waals surface area contributed by atoms with E-state index < -0.39 is 23.5 Å². The van der Waals surface area contributed by atoms with Crippen LogP contribution in [0.2, 0.25) is 0 Å². The Morgan fingerprint density at radius 1 is 1.26 bits per heavy atom. The fraction of sp³-hybridized carbons (Fsp3) is 0.300. The van der Waals surface area contributed by atoms with E-state index in [2.05, 4.69) is 5.32 Å². The molecule has 2 aromatic carbocycles. The summed E-state index contributed by atoms with van der Waals surface area (Å²) < 4.78 is 31.9. The van der Waals surface area contributed by atoms with Gasteiger partial charge in [0.05, 0.1) is 18.7 Å². The Morgan fingerprint density at radius 2 is 2.04 bits per heavy atom. The van der Waals surface area contributed by atoms with E-state index >= 15 is 0 Å². The van der Waals surface area contributed by atoms with Crippen LogP contribution >= 0.6 is 0 Å². The number of ether oxygens (including phenoxy) is 1. The predicted molar refractivity (Wildman–Crippen MR) is 96.4 cm³/mol. The summed E-state index contributed by atoms with van der Waals surface area (Å²) >= 11 is 0. The molecule has 142 valence electrons. The van der Waals surface area contributed by atoms with Crippen molar-refractivity contribution in [3.63, 3.8) is 0 Å². The molecule has 0 aliphatic carbocycles. The number of likely N-dealkylation sites (tertiary alicyclic amines) is 1. The predicted octanol–water partition coefficient (Wildman–Crippen LogP) is 3.00. The number of halogens is 2. The topological polar surface area (TPSA) is 58.6 Å². The Kier molecular flexibility index (Phi) is 5.69. The van der Waals surface area contributed by atoms with Crippen molar-refractivity contribution in [2.45, 2.75) is 12.8 Å². The highest BCUT2D eigenvalue weighted by Gasteiger charge is 2.34. The van der Waals surface area contributed by atoms with Crippen LogP contribution in [0.5, 0.6) is 5.75 Å². The molecule has 1 N–H and O–H groups in total. The number of para-hydroxylation sites is 1. The third-order valence-electron chi connectivity index (χ3n) is 4.62. The molecule has 0 bridgehead atoms. The number of anilines is 1. The van der Waals surface area contributed by atoms with Gasteiger partial charge < -0.3 is 15.0 Å². The second kappa shape index (κ2) is 8.16. The van der Waals surface area contributed by atoms with Crippen molar-refractivity contribution in [3.8, 4) is 5.75 Å². The number of benzene rings is 2. The van der Waals surface area contributed by atoms with Gasteiger partial charge in [-0.15, -0.1) is 0 Å².